The number of nitrogens with zero attached hydrogens (tertiary/aromatic N) is 1. The van der Waals surface area contributed by atoms with Gasteiger partial charge >= 0.3 is 0 Å². The average Bonchev–Trinajstić information content (AvgIpc) is 3.19. The fourth-order valence-corrected chi connectivity index (χ4v) is 4.31. The summed E-state index contributed by atoms with van der Waals surface area (Å²) in [6.07, 6.45) is 2.25. The molecule has 1 heterocycles. The molecule has 0 bridgehead atoms. The van der Waals surface area contributed by atoms with E-state index in [1.54, 1.807) is 0 Å². The predicted octanol–water partition coefficient (Wildman–Crippen LogP) is 4.81. The third-order valence-corrected chi connectivity index (χ3v) is 5.91. The van der Waals surface area contributed by atoms with Crippen LogP contribution in [0.1, 0.15) is 11.1 Å². The van der Waals surface area contributed by atoms with Gasteiger partial charge in [-0.25, -0.2) is 0 Å². The SMILES string of the molecule is c1ccc(CCN(C[C@H]2CNC[C@@H]2Cc2ccccc2)c2ccccc2)cc1. The highest BCUT2D eigenvalue weighted by atomic mass is 15.1. The van der Waals surface area contributed by atoms with E-state index < -0.39 is 0 Å². The zero-order valence-corrected chi connectivity index (χ0v) is 16.5. The smallest absolute Gasteiger partial charge is 0.0366 e. The first-order chi connectivity index (χ1) is 13.9. The number of anilines is 1. The highest BCUT2D eigenvalue weighted by Crippen LogP contribution is 2.25. The molecule has 3 aromatic carbocycles. The second-order valence-corrected chi connectivity index (χ2v) is 7.89. The van der Waals surface area contributed by atoms with Crippen LogP contribution >= 0.6 is 0 Å². The lowest BCUT2D eigenvalue weighted by molar-refractivity contribution is 0.414. The van der Waals surface area contributed by atoms with Gasteiger partial charge in [0, 0.05) is 18.8 Å². The maximum Gasteiger partial charge on any atom is 0.0366 e. The zero-order valence-electron chi connectivity index (χ0n) is 16.5. The Balaban J connectivity index is 1.45. The Bertz CT molecular complexity index is 817. The second-order valence-electron chi connectivity index (χ2n) is 7.89. The molecule has 0 amide bonds. The molecule has 1 fully saturated rings. The summed E-state index contributed by atoms with van der Waals surface area (Å²) in [6.45, 7) is 4.41. The lowest BCUT2D eigenvalue weighted by Crippen LogP contribution is -2.35. The molecule has 0 spiro atoms. The van der Waals surface area contributed by atoms with Gasteiger partial charge in [-0.15, -0.1) is 0 Å². The summed E-state index contributed by atoms with van der Waals surface area (Å²) in [4.78, 5) is 2.59. The van der Waals surface area contributed by atoms with Gasteiger partial charge in [-0.05, 0) is 61.0 Å². The van der Waals surface area contributed by atoms with Crippen molar-refractivity contribution in [1.82, 2.24) is 5.32 Å². The first-order valence-electron chi connectivity index (χ1n) is 10.5. The van der Waals surface area contributed by atoms with E-state index >= 15 is 0 Å². The van der Waals surface area contributed by atoms with Gasteiger partial charge < -0.3 is 10.2 Å². The van der Waals surface area contributed by atoms with E-state index in [1.807, 2.05) is 0 Å². The van der Waals surface area contributed by atoms with Crippen LogP contribution in [-0.2, 0) is 12.8 Å². The van der Waals surface area contributed by atoms with Crippen molar-refractivity contribution < 1.29 is 0 Å². The van der Waals surface area contributed by atoms with E-state index in [4.69, 9.17) is 0 Å². The maximum absolute atomic E-state index is 3.65. The van der Waals surface area contributed by atoms with Gasteiger partial charge in [-0.3, -0.25) is 0 Å². The molecule has 1 aliphatic heterocycles. The molecular weight excluding hydrogens is 340 g/mol. The van der Waals surface area contributed by atoms with Gasteiger partial charge in [0.25, 0.3) is 0 Å². The Labute approximate surface area is 169 Å². The van der Waals surface area contributed by atoms with Crippen LogP contribution in [0.15, 0.2) is 91.0 Å². The second kappa shape index (κ2) is 9.57. The number of para-hydroxylation sites is 1. The van der Waals surface area contributed by atoms with Crippen LogP contribution in [0.3, 0.4) is 0 Å². The van der Waals surface area contributed by atoms with Crippen LogP contribution in [0.4, 0.5) is 5.69 Å². The minimum Gasteiger partial charge on any atom is -0.371 e. The quantitative estimate of drug-likeness (QED) is 0.612. The van der Waals surface area contributed by atoms with E-state index in [-0.39, 0.29) is 0 Å². The summed E-state index contributed by atoms with van der Waals surface area (Å²) in [7, 11) is 0. The molecule has 28 heavy (non-hydrogen) atoms. The highest BCUT2D eigenvalue weighted by Gasteiger charge is 2.28. The molecule has 0 unspecified atom stereocenters. The Morgan fingerprint density at radius 1 is 0.679 bits per heavy atom. The fraction of sp³-hybridized carbons (Fsp3) is 0.308. The van der Waals surface area contributed by atoms with Crippen molar-refractivity contribution in [2.24, 2.45) is 11.8 Å². The van der Waals surface area contributed by atoms with Crippen LogP contribution in [0, 0.1) is 11.8 Å². The first-order valence-corrected chi connectivity index (χ1v) is 10.5. The molecule has 0 aliphatic carbocycles. The Morgan fingerprint density at radius 2 is 1.25 bits per heavy atom. The lowest BCUT2D eigenvalue weighted by Gasteiger charge is -2.30. The highest BCUT2D eigenvalue weighted by molar-refractivity contribution is 5.46. The molecular formula is C26H30N2. The predicted molar refractivity (Wildman–Crippen MR) is 119 cm³/mol. The minimum absolute atomic E-state index is 0.677. The maximum atomic E-state index is 3.65. The summed E-state index contributed by atoms with van der Waals surface area (Å²) < 4.78 is 0. The minimum atomic E-state index is 0.677. The van der Waals surface area contributed by atoms with Crippen molar-refractivity contribution in [2.45, 2.75) is 12.8 Å². The van der Waals surface area contributed by atoms with Gasteiger partial charge in [0.05, 0.1) is 0 Å². The number of benzene rings is 3. The molecule has 3 aromatic rings. The average molecular weight is 371 g/mol. The van der Waals surface area contributed by atoms with Crippen LogP contribution in [0.2, 0.25) is 0 Å². The molecule has 0 aromatic heterocycles. The normalized spacial score (nSPS) is 18.9. The third-order valence-electron chi connectivity index (χ3n) is 5.91. The van der Waals surface area contributed by atoms with Gasteiger partial charge in [0.15, 0.2) is 0 Å². The van der Waals surface area contributed by atoms with E-state index in [0.29, 0.717) is 11.8 Å². The van der Waals surface area contributed by atoms with Crippen molar-refractivity contribution in [3.8, 4) is 0 Å². The third kappa shape index (κ3) is 5.02. The van der Waals surface area contributed by atoms with Gasteiger partial charge in [-0.1, -0.05) is 78.9 Å². The summed E-state index contributed by atoms with van der Waals surface area (Å²) in [5.41, 5.74) is 4.20. The van der Waals surface area contributed by atoms with Gasteiger partial charge in [0.1, 0.15) is 0 Å². The van der Waals surface area contributed by atoms with Crippen molar-refractivity contribution in [1.29, 1.82) is 0 Å². The Kier molecular flexibility index (Phi) is 6.41. The van der Waals surface area contributed by atoms with Crippen molar-refractivity contribution in [2.75, 3.05) is 31.1 Å². The summed E-state index contributed by atoms with van der Waals surface area (Å²) in [5.74, 6) is 1.38. The van der Waals surface area contributed by atoms with Crippen LogP contribution < -0.4 is 10.2 Å². The van der Waals surface area contributed by atoms with Crippen LogP contribution in [0.5, 0.6) is 0 Å². The van der Waals surface area contributed by atoms with E-state index in [2.05, 4.69) is 101 Å². The Morgan fingerprint density at radius 3 is 1.93 bits per heavy atom. The number of hydrogen-bond acceptors (Lipinski definition) is 2. The summed E-state index contributed by atoms with van der Waals surface area (Å²) in [5, 5.41) is 3.65. The van der Waals surface area contributed by atoms with Gasteiger partial charge in [0.2, 0.25) is 0 Å². The van der Waals surface area contributed by atoms with Crippen LogP contribution in [0.25, 0.3) is 0 Å². The molecule has 2 heteroatoms. The molecule has 144 valence electrons. The van der Waals surface area contributed by atoms with E-state index in [1.165, 1.54) is 23.2 Å². The van der Waals surface area contributed by atoms with Crippen molar-refractivity contribution >= 4 is 5.69 Å². The van der Waals surface area contributed by atoms with Crippen LogP contribution in [-0.4, -0.2) is 26.2 Å². The van der Waals surface area contributed by atoms with E-state index in [9.17, 15) is 0 Å². The molecule has 2 nitrogen and oxygen atoms in total. The number of rotatable bonds is 8. The summed E-state index contributed by atoms with van der Waals surface area (Å²) in [6, 6.07) is 32.7. The lowest BCUT2D eigenvalue weighted by atomic mass is 9.89. The zero-order chi connectivity index (χ0) is 19.0. The molecule has 1 saturated heterocycles. The standard InChI is InChI=1S/C26H30N2/c1-4-10-22(11-5-1)16-17-28(26-14-8-3-9-15-26)21-25-20-27-19-24(25)18-23-12-6-2-7-13-23/h1-15,24-25,27H,16-21H2/t24-,25+/m0/s1. The molecule has 2 atom stereocenters. The fourth-order valence-electron chi connectivity index (χ4n) is 4.31. The van der Waals surface area contributed by atoms with Crippen molar-refractivity contribution in [3.05, 3.63) is 102 Å². The monoisotopic (exact) mass is 370 g/mol. The topological polar surface area (TPSA) is 15.3 Å². The summed E-state index contributed by atoms with van der Waals surface area (Å²) >= 11 is 0. The Hall–Kier alpha value is -2.58. The largest absolute Gasteiger partial charge is 0.371 e. The van der Waals surface area contributed by atoms with Gasteiger partial charge in [-0.2, -0.15) is 0 Å². The molecule has 1 aliphatic rings. The number of nitrogens with one attached hydrogen (secondary N) is 1. The first kappa shape index (κ1) is 18.8. The molecule has 4 rings (SSSR count). The number of hydrogen-bond donors (Lipinski definition) is 1. The molecule has 0 radical (unpaired) electrons. The molecule has 1 N–H and O–H groups in total. The van der Waals surface area contributed by atoms with E-state index in [0.717, 1.165) is 32.6 Å². The molecule has 0 saturated carbocycles. The van der Waals surface area contributed by atoms with Crippen molar-refractivity contribution in [3.63, 3.8) is 0 Å².